The van der Waals surface area contributed by atoms with Gasteiger partial charge < -0.3 is 15.0 Å². The number of pyridine rings is 1. The molecule has 126 valence electrons. The lowest BCUT2D eigenvalue weighted by Gasteiger charge is -2.27. The number of nitrogens with one attached hydrogen (secondary N) is 2. The Morgan fingerprint density at radius 3 is 2.92 bits per heavy atom. The highest BCUT2D eigenvalue weighted by Crippen LogP contribution is 2.37. The number of fused-ring (bicyclic) bond motifs is 2. The van der Waals surface area contributed by atoms with Crippen LogP contribution in [0.1, 0.15) is 28.5 Å². The van der Waals surface area contributed by atoms with E-state index in [1.165, 1.54) is 0 Å². The fourth-order valence-electron chi connectivity index (χ4n) is 3.11. The number of hydrogen-bond acceptors (Lipinski definition) is 3. The number of carbonyl (C=O) groups is 1. The number of ether oxygens (including phenoxy) is 1. The van der Waals surface area contributed by atoms with E-state index in [4.69, 9.17) is 16.3 Å². The van der Waals surface area contributed by atoms with E-state index in [1.54, 1.807) is 24.3 Å². The minimum Gasteiger partial charge on any atom is -0.492 e. The lowest BCUT2D eigenvalue weighted by molar-refractivity contribution is 0.0919. The number of para-hydroxylation sites is 1. The van der Waals surface area contributed by atoms with E-state index in [0.717, 1.165) is 10.9 Å². The quantitative estimate of drug-likeness (QED) is 0.740. The minimum absolute atomic E-state index is 0.218. The van der Waals surface area contributed by atoms with Crippen LogP contribution < -0.4 is 15.6 Å². The third kappa shape index (κ3) is 2.87. The van der Waals surface area contributed by atoms with Crippen molar-refractivity contribution in [1.82, 2.24) is 10.3 Å². The number of aromatic nitrogens is 1. The van der Waals surface area contributed by atoms with Gasteiger partial charge in [0.1, 0.15) is 11.4 Å². The van der Waals surface area contributed by atoms with Gasteiger partial charge in [-0.2, -0.15) is 0 Å². The first-order chi connectivity index (χ1) is 12.1. The van der Waals surface area contributed by atoms with Crippen LogP contribution in [0, 0.1) is 0 Å². The van der Waals surface area contributed by atoms with E-state index in [0.29, 0.717) is 29.2 Å². The van der Waals surface area contributed by atoms with Crippen molar-refractivity contribution in [3.8, 4) is 5.75 Å². The van der Waals surface area contributed by atoms with Gasteiger partial charge >= 0.3 is 0 Å². The second-order valence-electron chi connectivity index (χ2n) is 5.92. The van der Waals surface area contributed by atoms with Gasteiger partial charge in [-0.15, -0.1) is 0 Å². The predicted octanol–water partition coefficient (Wildman–Crippen LogP) is 3.44. The zero-order chi connectivity index (χ0) is 17.4. The Bertz CT molecular complexity index is 1030. The van der Waals surface area contributed by atoms with Gasteiger partial charge in [-0.1, -0.05) is 41.9 Å². The van der Waals surface area contributed by atoms with Crippen molar-refractivity contribution >= 4 is 28.3 Å². The molecule has 0 bridgehead atoms. The van der Waals surface area contributed by atoms with E-state index in [1.807, 2.05) is 24.3 Å². The van der Waals surface area contributed by atoms with Crippen molar-refractivity contribution in [2.75, 3.05) is 6.61 Å². The standard InChI is InChI=1S/C19H15ClN2O3/c20-14-7-3-6-13-15(8-9-25-17(13)14)21-19(24)16-10-11-4-1-2-5-12(11)18(23)22-16/h1-7,10,15H,8-9H2,(H,21,24)(H,22,23)/t15-/m0/s1. The summed E-state index contributed by atoms with van der Waals surface area (Å²) in [7, 11) is 0. The van der Waals surface area contributed by atoms with Crippen LogP contribution in [0.5, 0.6) is 5.75 Å². The fraction of sp³-hybridized carbons (Fsp3) is 0.158. The molecule has 25 heavy (non-hydrogen) atoms. The molecular weight excluding hydrogens is 340 g/mol. The number of halogens is 1. The molecule has 0 saturated carbocycles. The van der Waals surface area contributed by atoms with Crippen molar-refractivity contribution < 1.29 is 9.53 Å². The van der Waals surface area contributed by atoms with Crippen LogP contribution in [-0.4, -0.2) is 17.5 Å². The van der Waals surface area contributed by atoms with Gasteiger partial charge in [0.15, 0.2) is 0 Å². The SMILES string of the molecule is O=C(N[C@H]1CCOc2c(Cl)cccc21)c1cc2ccccc2c(=O)[nH]1. The van der Waals surface area contributed by atoms with Crippen LogP contribution in [0.25, 0.3) is 10.8 Å². The van der Waals surface area contributed by atoms with Crippen molar-refractivity contribution in [1.29, 1.82) is 0 Å². The largest absolute Gasteiger partial charge is 0.492 e. The van der Waals surface area contributed by atoms with Crippen LogP contribution in [-0.2, 0) is 0 Å². The highest BCUT2D eigenvalue weighted by Gasteiger charge is 2.25. The van der Waals surface area contributed by atoms with E-state index in [2.05, 4.69) is 10.3 Å². The van der Waals surface area contributed by atoms with Crippen LogP contribution in [0.3, 0.4) is 0 Å². The van der Waals surface area contributed by atoms with Crippen LogP contribution in [0.4, 0.5) is 0 Å². The zero-order valence-electron chi connectivity index (χ0n) is 13.2. The van der Waals surface area contributed by atoms with E-state index in [-0.39, 0.29) is 23.2 Å². The molecule has 2 heterocycles. The molecule has 0 unspecified atom stereocenters. The Morgan fingerprint density at radius 1 is 1.20 bits per heavy atom. The molecule has 1 aliphatic heterocycles. The topological polar surface area (TPSA) is 71.2 Å². The summed E-state index contributed by atoms with van der Waals surface area (Å²) in [4.78, 5) is 27.5. The first-order valence-corrected chi connectivity index (χ1v) is 8.35. The van der Waals surface area contributed by atoms with E-state index < -0.39 is 0 Å². The lowest BCUT2D eigenvalue weighted by Crippen LogP contribution is -2.33. The number of H-pyrrole nitrogens is 1. The Labute approximate surface area is 148 Å². The molecule has 2 N–H and O–H groups in total. The van der Waals surface area contributed by atoms with Crippen LogP contribution in [0.2, 0.25) is 5.02 Å². The van der Waals surface area contributed by atoms with Gasteiger partial charge in [-0.05, 0) is 23.6 Å². The summed E-state index contributed by atoms with van der Waals surface area (Å²) in [5, 5.41) is 4.77. The summed E-state index contributed by atoms with van der Waals surface area (Å²) in [6.45, 7) is 0.468. The van der Waals surface area contributed by atoms with Gasteiger partial charge in [0.05, 0.1) is 17.7 Å². The molecule has 4 rings (SSSR count). The third-order valence-corrected chi connectivity index (χ3v) is 4.63. The van der Waals surface area contributed by atoms with Gasteiger partial charge in [-0.25, -0.2) is 0 Å². The maximum Gasteiger partial charge on any atom is 0.268 e. The zero-order valence-corrected chi connectivity index (χ0v) is 14.0. The molecule has 1 aromatic heterocycles. The summed E-state index contributed by atoms with van der Waals surface area (Å²) in [6.07, 6.45) is 0.636. The summed E-state index contributed by atoms with van der Waals surface area (Å²) in [5.41, 5.74) is 0.799. The van der Waals surface area contributed by atoms with Crippen molar-refractivity contribution in [2.45, 2.75) is 12.5 Å². The maximum atomic E-state index is 12.6. The highest BCUT2D eigenvalue weighted by atomic mass is 35.5. The second-order valence-corrected chi connectivity index (χ2v) is 6.33. The average molecular weight is 355 g/mol. The molecular formula is C19H15ClN2O3. The number of hydrogen-bond donors (Lipinski definition) is 2. The average Bonchev–Trinajstić information content (AvgIpc) is 2.62. The highest BCUT2D eigenvalue weighted by molar-refractivity contribution is 6.32. The molecule has 0 aliphatic carbocycles. The van der Waals surface area contributed by atoms with Gasteiger partial charge in [-0.3, -0.25) is 9.59 Å². The predicted molar refractivity (Wildman–Crippen MR) is 96.3 cm³/mol. The Hall–Kier alpha value is -2.79. The van der Waals surface area contributed by atoms with E-state index in [9.17, 15) is 9.59 Å². The Kier molecular flexibility index (Phi) is 3.93. The van der Waals surface area contributed by atoms with Crippen molar-refractivity contribution in [3.63, 3.8) is 0 Å². The Morgan fingerprint density at radius 2 is 2.04 bits per heavy atom. The molecule has 0 fully saturated rings. The second kappa shape index (κ2) is 6.26. The molecule has 0 saturated heterocycles. The van der Waals surface area contributed by atoms with E-state index >= 15 is 0 Å². The maximum absolute atomic E-state index is 12.6. The summed E-state index contributed by atoms with van der Waals surface area (Å²) >= 11 is 6.16. The molecule has 5 nitrogen and oxygen atoms in total. The summed E-state index contributed by atoms with van der Waals surface area (Å²) < 4.78 is 5.61. The number of amides is 1. The summed E-state index contributed by atoms with van der Waals surface area (Å²) in [5.74, 6) is 0.272. The van der Waals surface area contributed by atoms with Crippen molar-refractivity contribution in [3.05, 3.63) is 75.2 Å². The van der Waals surface area contributed by atoms with Gasteiger partial charge in [0.25, 0.3) is 11.5 Å². The molecule has 1 amide bonds. The molecule has 6 heteroatoms. The number of benzene rings is 2. The molecule has 3 aromatic rings. The summed E-state index contributed by atoms with van der Waals surface area (Å²) in [6, 6.07) is 14.1. The minimum atomic E-state index is -0.333. The monoisotopic (exact) mass is 354 g/mol. The molecule has 2 aromatic carbocycles. The lowest BCUT2D eigenvalue weighted by atomic mass is 10.0. The number of rotatable bonds is 2. The fourth-order valence-corrected chi connectivity index (χ4v) is 3.34. The molecule has 1 aliphatic rings. The molecule has 0 spiro atoms. The molecule has 0 radical (unpaired) electrons. The van der Waals surface area contributed by atoms with Gasteiger partial charge in [0, 0.05) is 17.4 Å². The number of aromatic amines is 1. The van der Waals surface area contributed by atoms with Gasteiger partial charge in [0.2, 0.25) is 0 Å². The first kappa shape index (κ1) is 15.7. The molecule has 1 atom stereocenters. The number of carbonyl (C=O) groups excluding carboxylic acids is 1. The smallest absolute Gasteiger partial charge is 0.268 e. The normalized spacial score (nSPS) is 16.1. The van der Waals surface area contributed by atoms with Crippen LogP contribution in [0.15, 0.2) is 53.3 Å². The third-order valence-electron chi connectivity index (χ3n) is 4.33. The van der Waals surface area contributed by atoms with Crippen LogP contribution >= 0.6 is 11.6 Å². The Balaban J connectivity index is 1.66. The van der Waals surface area contributed by atoms with Crippen molar-refractivity contribution in [2.24, 2.45) is 0 Å². The first-order valence-electron chi connectivity index (χ1n) is 7.97.